The van der Waals surface area contributed by atoms with E-state index < -0.39 is 0 Å². The molecule has 0 atom stereocenters. The van der Waals surface area contributed by atoms with Crippen molar-refractivity contribution in [2.24, 2.45) is 0 Å². The molecule has 1 heterocycles. The maximum atomic E-state index is 12.0. The molecule has 0 radical (unpaired) electrons. The van der Waals surface area contributed by atoms with Gasteiger partial charge in [0.15, 0.2) is 0 Å². The van der Waals surface area contributed by atoms with Gasteiger partial charge in [-0.15, -0.1) is 11.3 Å². The minimum Gasteiger partial charge on any atom is -0.321 e. The van der Waals surface area contributed by atoms with Crippen LogP contribution in [0.15, 0.2) is 24.3 Å². The molecule has 1 aromatic carbocycles. The molecule has 0 spiro atoms. The first-order valence-electron chi connectivity index (χ1n) is 5.35. The maximum absolute atomic E-state index is 12.0. The summed E-state index contributed by atoms with van der Waals surface area (Å²) in [5.74, 6) is -0.244. The van der Waals surface area contributed by atoms with Crippen LogP contribution in [0.3, 0.4) is 0 Å². The Bertz CT molecular complexity index is 640. The molecule has 18 heavy (non-hydrogen) atoms. The lowest BCUT2D eigenvalue weighted by Crippen LogP contribution is -2.13. The number of nitrogens with one attached hydrogen (secondary N) is 1. The molecular weight excluding hydrogens is 246 g/mol. The zero-order chi connectivity index (χ0) is 13.1. The quantitative estimate of drug-likeness (QED) is 0.899. The zero-order valence-corrected chi connectivity index (χ0v) is 10.8. The third-order valence-electron chi connectivity index (χ3n) is 2.37. The molecule has 0 unspecified atom stereocenters. The van der Waals surface area contributed by atoms with Gasteiger partial charge < -0.3 is 5.32 Å². The molecular formula is C13H11N3OS. The van der Waals surface area contributed by atoms with Crippen LogP contribution in [0.4, 0.5) is 5.69 Å². The van der Waals surface area contributed by atoms with Crippen LogP contribution in [-0.4, -0.2) is 10.9 Å². The number of aryl methyl sites for hydroxylation is 2. The number of nitriles is 1. The molecule has 1 amide bonds. The first-order chi connectivity index (χ1) is 8.60. The van der Waals surface area contributed by atoms with Crippen molar-refractivity contribution in [1.29, 1.82) is 5.26 Å². The second kappa shape index (κ2) is 4.98. The highest BCUT2D eigenvalue weighted by Crippen LogP contribution is 2.18. The molecule has 2 rings (SSSR count). The van der Waals surface area contributed by atoms with E-state index in [1.54, 1.807) is 24.3 Å². The number of hydrogen-bond donors (Lipinski definition) is 1. The van der Waals surface area contributed by atoms with Crippen LogP contribution >= 0.6 is 11.3 Å². The number of benzene rings is 1. The van der Waals surface area contributed by atoms with Crippen LogP contribution in [0.5, 0.6) is 0 Å². The number of rotatable bonds is 2. The highest BCUT2D eigenvalue weighted by Gasteiger charge is 2.14. The van der Waals surface area contributed by atoms with Crippen LogP contribution in [0, 0.1) is 25.2 Å². The number of carbonyl (C=O) groups is 1. The van der Waals surface area contributed by atoms with E-state index >= 15 is 0 Å². The van der Waals surface area contributed by atoms with Crippen molar-refractivity contribution in [3.8, 4) is 6.07 Å². The minimum absolute atomic E-state index is 0.244. The Morgan fingerprint density at radius 2 is 2.22 bits per heavy atom. The first-order valence-corrected chi connectivity index (χ1v) is 6.17. The third kappa shape index (κ3) is 2.55. The predicted molar refractivity (Wildman–Crippen MR) is 70.7 cm³/mol. The van der Waals surface area contributed by atoms with Gasteiger partial charge in [-0.2, -0.15) is 5.26 Å². The molecule has 5 heteroatoms. The van der Waals surface area contributed by atoms with Crippen molar-refractivity contribution in [2.45, 2.75) is 13.8 Å². The Morgan fingerprint density at radius 1 is 1.44 bits per heavy atom. The summed E-state index contributed by atoms with van der Waals surface area (Å²) in [5, 5.41) is 12.4. The average molecular weight is 257 g/mol. The number of thiazole rings is 1. The number of nitrogens with zero attached hydrogens (tertiary/aromatic N) is 2. The second-order valence-electron chi connectivity index (χ2n) is 3.78. The van der Waals surface area contributed by atoms with Crippen molar-refractivity contribution in [3.05, 3.63) is 45.4 Å². The van der Waals surface area contributed by atoms with E-state index in [1.165, 1.54) is 11.3 Å². The molecule has 0 aliphatic carbocycles. The third-order valence-corrected chi connectivity index (χ3v) is 3.25. The lowest BCUT2D eigenvalue weighted by Gasteiger charge is -2.03. The average Bonchev–Trinajstić information content (AvgIpc) is 2.69. The van der Waals surface area contributed by atoms with Gasteiger partial charge in [0.25, 0.3) is 5.91 Å². The second-order valence-corrected chi connectivity index (χ2v) is 5.19. The fraction of sp³-hybridized carbons (Fsp3) is 0.154. The number of hydrogen-bond acceptors (Lipinski definition) is 4. The number of anilines is 1. The molecule has 2 aromatic rings. The van der Waals surface area contributed by atoms with Crippen LogP contribution in [0.2, 0.25) is 0 Å². The molecule has 0 aliphatic rings. The van der Waals surface area contributed by atoms with Gasteiger partial charge in [0.1, 0.15) is 5.69 Å². The largest absolute Gasteiger partial charge is 0.321 e. The van der Waals surface area contributed by atoms with Crippen molar-refractivity contribution in [2.75, 3.05) is 5.32 Å². The monoisotopic (exact) mass is 257 g/mol. The Hall–Kier alpha value is -2.19. The fourth-order valence-electron chi connectivity index (χ4n) is 1.60. The van der Waals surface area contributed by atoms with Gasteiger partial charge in [-0.3, -0.25) is 4.79 Å². The molecule has 1 N–H and O–H groups in total. The molecule has 0 bridgehead atoms. The van der Waals surface area contributed by atoms with Crippen molar-refractivity contribution in [1.82, 2.24) is 4.98 Å². The summed E-state index contributed by atoms with van der Waals surface area (Å²) in [6.45, 7) is 3.73. The van der Waals surface area contributed by atoms with Gasteiger partial charge in [-0.1, -0.05) is 6.07 Å². The number of aromatic nitrogens is 1. The molecule has 90 valence electrons. The summed E-state index contributed by atoms with van der Waals surface area (Å²) in [4.78, 5) is 17.1. The van der Waals surface area contributed by atoms with Crippen LogP contribution in [-0.2, 0) is 0 Å². The van der Waals surface area contributed by atoms with Gasteiger partial charge in [-0.25, -0.2) is 4.98 Å². The van der Waals surface area contributed by atoms with E-state index in [9.17, 15) is 4.79 Å². The normalized spacial score (nSPS) is 9.83. The SMILES string of the molecule is Cc1nc(C(=O)Nc2cccc(C#N)c2)c(C)s1. The predicted octanol–water partition coefficient (Wildman–Crippen LogP) is 2.88. The zero-order valence-electron chi connectivity index (χ0n) is 10.0. The summed E-state index contributed by atoms with van der Waals surface area (Å²) in [5.41, 5.74) is 1.56. The summed E-state index contributed by atoms with van der Waals surface area (Å²) in [6, 6.07) is 8.82. The minimum atomic E-state index is -0.244. The van der Waals surface area contributed by atoms with E-state index in [0.717, 1.165) is 9.88 Å². The summed E-state index contributed by atoms with van der Waals surface area (Å²) in [7, 11) is 0. The molecule has 0 fully saturated rings. The molecule has 1 aromatic heterocycles. The van der Waals surface area contributed by atoms with Gasteiger partial charge in [-0.05, 0) is 32.0 Å². The van der Waals surface area contributed by atoms with E-state index in [0.29, 0.717) is 16.9 Å². The van der Waals surface area contributed by atoms with Gasteiger partial charge in [0, 0.05) is 10.6 Å². The molecule has 0 saturated heterocycles. The van der Waals surface area contributed by atoms with Crippen LogP contribution in [0.1, 0.15) is 25.9 Å². The summed E-state index contributed by atoms with van der Waals surface area (Å²) in [6.07, 6.45) is 0. The van der Waals surface area contributed by atoms with E-state index in [2.05, 4.69) is 10.3 Å². The van der Waals surface area contributed by atoms with Gasteiger partial charge in [0.05, 0.1) is 16.6 Å². The Balaban J connectivity index is 2.21. The highest BCUT2D eigenvalue weighted by molar-refractivity contribution is 7.11. The molecule has 0 saturated carbocycles. The van der Waals surface area contributed by atoms with Crippen LogP contribution < -0.4 is 5.32 Å². The lowest BCUT2D eigenvalue weighted by molar-refractivity contribution is 0.102. The smallest absolute Gasteiger partial charge is 0.275 e. The fourth-order valence-corrected chi connectivity index (χ4v) is 2.41. The van der Waals surface area contributed by atoms with Crippen LogP contribution in [0.25, 0.3) is 0 Å². The van der Waals surface area contributed by atoms with Crippen molar-refractivity contribution in [3.63, 3.8) is 0 Å². The topological polar surface area (TPSA) is 65.8 Å². The summed E-state index contributed by atoms with van der Waals surface area (Å²) >= 11 is 1.49. The number of amides is 1. The van der Waals surface area contributed by atoms with E-state index in [4.69, 9.17) is 5.26 Å². The van der Waals surface area contributed by atoms with E-state index in [1.807, 2.05) is 19.9 Å². The highest BCUT2D eigenvalue weighted by atomic mass is 32.1. The maximum Gasteiger partial charge on any atom is 0.275 e. The number of carbonyl (C=O) groups excluding carboxylic acids is 1. The Morgan fingerprint density at radius 3 is 2.83 bits per heavy atom. The van der Waals surface area contributed by atoms with Gasteiger partial charge >= 0.3 is 0 Å². The standard InChI is InChI=1S/C13H11N3OS/c1-8-12(15-9(2)18-8)13(17)16-11-5-3-4-10(6-11)7-14/h3-6H,1-2H3,(H,16,17). The molecule has 4 nitrogen and oxygen atoms in total. The van der Waals surface area contributed by atoms with E-state index in [-0.39, 0.29) is 5.91 Å². The Kier molecular flexibility index (Phi) is 3.40. The summed E-state index contributed by atoms with van der Waals surface area (Å²) < 4.78 is 0. The lowest BCUT2D eigenvalue weighted by atomic mass is 10.2. The van der Waals surface area contributed by atoms with Gasteiger partial charge in [0.2, 0.25) is 0 Å². The van der Waals surface area contributed by atoms with Crippen molar-refractivity contribution >= 4 is 22.9 Å². The van der Waals surface area contributed by atoms with Crippen molar-refractivity contribution < 1.29 is 4.79 Å². The molecule has 0 aliphatic heterocycles. The first kappa shape index (κ1) is 12.3. The Labute approximate surface area is 109 Å².